The first-order valence-corrected chi connectivity index (χ1v) is 13.0. The first-order chi connectivity index (χ1) is 8.56. The Hall–Kier alpha value is 0.650. The van der Waals surface area contributed by atoms with E-state index in [-0.39, 0.29) is 24.0 Å². The van der Waals surface area contributed by atoms with Gasteiger partial charge in [0, 0.05) is 61.4 Å². The minimum Gasteiger partial charge on any atom is -0.377 e. The molecular formula is C12H16I2O3S. The van der Waals surface area contributed by atoms with Crippen molar-refractivity contribution in [3.63, 3.8) is 0 Å². The van der Waals surface area contributed by atoms with E-state index in [2.05, 4.69) is 49.1 Å². The summed E-state index contributed by atoms with van der Waals surface area (Å²) in [5.41, 5.74) is -0.507. The van der Waals surface area contributed by atoms with Crippen LogP contribution in [-0.2, 0) is 20.3 Å². The monoisotopic (exact) mass is 494 g/mol. The summed E-state index contributed by atoms with van der Waals surface area (Å²) in [6, 6.07) is 0. The first kappa shape index (κ1) is 18.7. The number of hydrogen-bond donors (Lipinski definition) is 0. The van der Waals surface area contributed by atoms with Crippen LogP contribution in [0.1, 0.15) is 6.92 Å². The molecule has 6 unspecified atom stereocenters. The Bertz CT molecular complexity index is 361. The van der Waals surface area contributed by atoms with E-state index in [9.17, 15) is 4.21 Å². The van der Waals surface area contributed by atoms with Crippen LogP contribution in [0.5, 0.6) is 0 Å². The second-order valence-corrected chi connectivity index (χ2v) is 5.26. The molecule has 0 aliphatic carbocycles. The fourth-order valence-corrected chi connectivity index (χ4v) is 3.04. The average Bonchev–Trinajstić information content (AvgIpc) is 2.39. The normalized spacial score (nSPS) is 36.5. The Balaban J connectivity index is 0.00000137. The summed E-state index contributed by atoms with van der Waals surface area (Å²) in [4.78, 5) is 0. The van der Waals surface area contributed by atoms with E-state index >= 15 is 0 Å². The minimum absolute atomic E-state index is 0.204. The molecule has 0 aromatic heterocycles. The fourth-order valence-electron chi connectivity index (χ4n) is 2.04. The molecule has 0 amide bonds. The van der Waals surface area contributed by atoms with Gasteiger partial charge in [-0.3, -0.25) is 4.21 Å². The first-order valence-electron chi connectivity index (χ1n) is 5.13. The van der Waals surface area contributed by atoms with Crippen molar-refractivity contribution < 1.29 is 13.7 Å². The lowest BCUT2D eigenvalue weighted by atomic mass is 9.84. The van der Waals surface area contributed by atoms with Gasteiger partial charge in [0.1, 0.15) is 5.44 Å². The maximum atomic E-state index is 11.6. The SMILES string of the molecule is C#CC1C(C#C)C(S(C)=O)OC(C)C1OC.II. The number of hydrogen-bond acceptors (Lipinski definition) is 3. The molecule has 0 N–H and O–H groups in total. The lowest BCUT2D eigenvalue weighted by Crippen LogP contribution is -2.51. The smallest absolute Gasteiger partial charge is 0.147 e. The predicted octanol–water partition coefficient (Wildman–Crippen LogP) is 2.39. The third kappa shape index (κ3) is 4.34. The van der Waals surface area contributed by atoms with Crippen LogP contribution in [0.15, 0.2) is 0 Å². The summed E-state index contributed by atoms with van der Waals surface area (Å²) in [5.74, 6) is 4.60. The molecule has 0 saturated carbocycles. The van der Waals surface area contributed by atoms with Crippen LogP contribution in [0, 0.1) is 36.5 Å². The largest absolute Gasteiger partial charge is 0.377 e. The van der Waals surface area contributed by atoms with Gasteiger partial charge in [-0.05, 0) is 6.92 Å². The highest BCUT2D eigenvalue weighted by molar-refractivity contribution is 15.0. The van der Waals surface area contributed by atoms with E-state index in [0.29, 0.717) is 0 Å². The molecule has 1 saturated heterocycles. The Kier molecular flexibility index (Phi) is 9.88. The minimum atomic E-state index is -1.16. The van der Waals surface area contributed by atoms with E-state index in [1.54, 1.807) is 13.4 Å². The summed E-state index contributed by atoms with van der Waals surface area (Å²) in [7, 11) is 0.417. The number of methoxy groups -OCH3 is 1. The zero-order valence-electron chi connectivity index (χ0n) is 10.4. The quantitative estimate of drug-likeness (QED) is 0.437. The van der Waals surface area contributed by atoms with Crippen molar-refractivity contribution in [3.8, 4) is 24.7 Å². The summed E-state index contributed by atoms with van der Waals surface area (Å²) in [6.45, 7) is 1.85. The molecule has 0 radical (unpaired) electrons. The van der Waals surface area contributed by atoms with Gasteiger partial charge in [0.2, 0.25) is 0 Å². The van der Waals surface area contributed by atoms with Gasteiger partial charge < -0.3 is 9.47 Å². The summed E-state index contributed by atoms with van der Waals surface area (Å²) in [5, 5.41) is 0. The van der Waals surface area contributed by atoms with Crippen LogP contribution in [0.2, 0.25) is 0 Å². The predicted molar refractivity (Wildman–Crippen MR) is 91.9 cm³/mol. The van der Waals surface area contributed by atoms with Gasteiger partial charge in [-0.2, -0.15) is 0 Å². The standard InChI is InChI=1S/C12H16O3S.I2/c1-6-9-10(7-2)12(16(5)13)15-8(3)11(9)14-4;1-2/h1-2,8-12H,3-5H3;. The van der Waals surface area contributed by atoms with Crippen LogP contribution in [0.25, 0.3) is 0 Å². The van der Waals surface area contributed by atoms with Gasteiger partial charge in [0.05, 0.1) is 24.0 Å². The number of ether oxygens (including phenoxy) is 2. The second-order valence-electron chi connectivity index (χ2n) is 3.79. The van der Waals surface area contributed by atoms with Gasteiger partial charge in [0.25, 0.3) is 0 Å². The molecule has 3 nitrogen and oxygen atoms in total. The zero-order chi connectivity index (χ0) is 14.3. The molecule has 0 aromatic carbocycles. The molecule has 102 valence electrons. The van der Waals surface area contributed by atoms with Crippen molar-refractivity contribution in [2.75, 3.05) is 13.4 Å². The summed E-state index contributed by atoms with van der Waals surface area (Å²) >= 11 is 4.24. The molecule has 0 bridgehead atoms. The van der Waals surface area contributed by atoms with Crippen molar-refractivity contribution in [1.82, 2.24) is 0 Å². The maximum absolute atomic E-state index is 11.6. The lowest BCUT2D eigenvalue weighted by molar-refractivity contribution is -0.127. The van der Waals surface area contributed by atoms with E-state index in [0.717, 1.165) is 0 Å². The molecule has 1 heterocycles. The Morgan fingerprint density at radius 3 is 2.11 bits per heavy atom. The number of rotatable bonds is 2. The van der Waals surface area contributed by atoms with Gasteiger partial charge in [-0.15, -0.1) is 12.8 Å². The van der Waals surface area contributed by atoms with Crippen molar-refractivity contribution >= 4 is 48.0 Å². The van der Waals surface area contributed by atoms with Gasteiger partial charge >= 0.3 is 0 Å². The van der Waals surface area contributed by atoms with Crippen LogP contribution in [-0.4, -0.2) is 35.2 Å². The third-order valence-corrected chi connectivity index (χ3v) is 3.89. The van der Waals surface area contributed by atoms with Gasteiger partial charge in [0.15, 0.2) is 0 Å². The molecule has 1 aliphatic heterocycles. The maximum Gasteiger partial charge on any atom is 0.147 e. The summed E-state index contributed by atoms with van der Waals surface area (Å²) < 4.78 is 22.5. The molecule has 1 aliphatic rings. The van der Waals surface area contributed by atoms with Crippen molar-refractivity contribution in [3.05, 3.63) is 0 Å². The highest BCUT2D eigenvalue weighted by Crippen LogP contribution is 2.33. The lowest BCUT2D eigenvalue weighted by Gasteiger charge is -2.40. The Morgan fingerprint density at radius 1 is 1.28 bits per heavy atom. The Labute approximate surface area is 135 Å². The molecule has 18 heavy (non-hydrogen) atoms. The molecule has 0 aromatic rings. The van der Waals surface area contributed by atoms with Crippen LogP contribution >= 0.6 is 37.2 Å². The van der Waals surface area contributed by atoms with Crippen molar-refractivity contribution in [1.29, 1.82) is 0 Å². The second kappa shape index (κ2) is 9.54. The third-order valence-electron chi connectivity index (χ3n) is 2.83. The highest BCUT2D eigenvalue weighted by atomic mass is 128. The molecule has 6 heteroatoms. The van der Waals surface area contributed by atoms with Gasteiger partial charge in [-0.25, -0.2) is 0 Å². The molecule has 1 rings (SSSR count). The topological polar surface area (TPSA) is 35.5 Å². The number of halogens is 2. The fraction of sp³-hybridized carbons (Fsp3) is 0.667. The van der Waals surface area contributed by atoms with E-state index in [4.69, 9.17) is 22.3 Å². The highest BCUT2D eigenvalue weighted by Gasteiger charge is 2.44. The van der Waals surface area contributed by atoms with Crippen LogP contribution in [0.3, 0.4) is 0 Å². The van der Waals surface area contributed by atoms with E-state index in [1.165, 1.54) is 0 Å². The van der Waals surface area contributed by atoms with Gasteiger partial charge in [-0.1, -0.05) is 11.8 Å². The number of terminal acetylenes is 2. The van der Waals surface area contributed by atoms with Crippen molar-refractivity contribution in [2.45, 2.75) is 24.6 Å². The molecule has 1 fully saturated rings. The zero-order valence-corrected chi connectivity index (χ0v) is 15.6. The van der Waals surface area contributed by atoms with Crippen LogP contribution < -0.4 is 0 Å². The van der Waals surface area contributed by atoms with E-state index in [1.807, 2.05) is 6.92 Å². The van der Waals surface area contributed by atoms with Crippen LogP contribution in [0.4, 0.5) is 0 Å². The molecular weight excluding hydrogens is 478 g/mol. The molecule has 0 spiro atoms. The molecule has 6 atom stereocenters. The van der Waals surface area contributed by atoms with Crippen molar-refractivity contribution in [2.24, 2.45) is 11.8 Å². The van der Waals surface area contributed by atoms with E-state index < -0.39 is 16.2 Å². The summed E-state index contributed by atoms with van der Waals surface area (Å²) in [6.07, 6.45) is 12.0. The average molecular weight is 494 g/mol. The Morgan fingerprint density at radius 2 is 1.78 bits per heavy atom.